The number of rotatable bonds is 2. The molecule has 1 amide bonds. The molecule has 104 valence electrons. The van der Waals surface area contributed by atoms with E-state index in [1.165, 1.54) is 18.2 Å². The molecule has 0 radical (unpaired) electrons. The smallest absolute Gasteiger partial charge is 0.255 e. The molecule has 1 aliphatic rings. The molecule has 1 fully saturated rings. The molecule has 0 aliphatic carbocycles. The van der Waals surface area contributed by atoms with Crippen molar-refractivity contribution in [2.75, 3.05) is 19.0 Å². The van der Waals surface area contributed by atoms with Gasteiger partial charge in [-0.1, -0.05) is 17.7 Å². The molecule has 0 spiro atoms. The van der Waals surface area contributed by atoms with E-state index in [2.05, 4.69) is 0 Å². The lowest BCUT2D eigenvalue weighted by Crippen LogP contribution is -2.51. The Morgan fingerprint density at radius 3 is 3.00 bits per heavy atom. The van der Waals surface area contributed by atoms with Gasteiger partial charge in [0.05, 0.1) is 35.2 Å². The number of nitrogens with zero attached hydrogens (tertiary/aromatic N) is 1. The van der Waals surface area contributed by atoms with E-state index < -0.39 is 5.82 Å². The molecule has 3 nitrogen and oxygen atoms in total. The van der Waals surface area contributed by atoms with Crippen LogP contribution in [-0.2, 0) is 4.74 Å². The van der Waals surface area contributed by atoms with Crippen molar-refractivity contribution in [3.63, 3.8) is 0 Å². The van der Waals surface area contributed by atoms with Crippen LogP contribution in [0, 0.1) is 5.82 Å². The summed E-state index contributed by atoms with van der Waals surface area (Å²) in [5, 5.41) is -0.145. The molecule has 1 aliphatic heterocycles. The van der Waals surface area contributed by atoms with Gasteiger partial charge in [0.15, 0.2) is 0 Å². The Morgan fingerprint density at radius 1 is 1.58 bits per heavy atom. The fourth-order valence-electron chi connectivity index (χ4n) is 2.02. The van der Waals surface area contributed by atoms with E-state index in [4.69, 9.17) is 27.9 Å². The number of carbonyl (C=O) groups excluding carboxylic acids is 1. The average Bonchev–Trinajstić information content (AvgIpc) is 2.42. The number of alkyl halides is 1. The van der Waals surface area contributed by atoms with Gasteiger partial charge in [0.2, 0.25) is 0 Å². The molecule has 1 heterocycles. The number of amides is 1. The highest BCUT2D eigenvalue weighted by Crippen LogP contribution is 2.23. The quantitative estimate of drug-likeness (QED) is 0.786. The number of hydrogen-bond acceptors (Lipinski definition) is 2. The molecule has 2 atom stereocenters. The number of ether oxygens (including phenoxy) is 1. The summed E-state index contributed by atoms with van der Waals surface area (Å²) in [6, 6.07) is 4.12. The van der Waals surface area contributed by atoms with Crippen molar-refractivity contribution in [3.05, 3.63) is 34.6 Å². The van der Waals surface area contributed by atoms with Crippen molar-refractivity contribution in [3.8, 4) is 0 Å². The monoisotopic (exact) mass is 305 g/mol. The average molecular weight is 306 g/mol. The Kier molecular flexibility index (Phi) is 4.66. The van der Waals surface area contributed by atoms with Crippen LogP contribution in [0.1, 0.15) is 17.3 Å². The second-order valence-corrected chi connectivity index (χ2v) is 5.20. The number of benzene rings is 1. The summed E-state index contributed by atoms with van der Waals surface area (Å²) in [7, 11) is 0. The Morgan fingerprint density at radius 2 is 2.32 bits per heavy atom. The van der Waals surface area contributed by atoms with E-state index in [0.29, 0.717) is 19.0 Å². The Labute approximate surface area is 121 Å². The predicted molar refractivity (Wildman–Crippen MR) is 72.4 cm³/mol. The first kappa shape index (κ1) is 14.6. The lowest BCUT2D eigenvalue weighted by atomic mass is 10.1. The molecular weight excluding hydrogens is 292 g/mol. The second-order valence-electron chi connectivity index (χ2n) is 4.52. The van der Waals surface area contributed by atoms with Crippen LogP contribution in [0.15, 0.2) is 18.2 Å². The van der Waals surface area contributed by atoms with E-state index in [9.17, 15) is 9.18 Å². The highest BCUT2D eigenvalue weighted by Gasteiger charge is 2.31. The van der Waals surface area contributed by atoms with Gasteiger partial charge in [-0.05, 0) is 19.1 Å². The zero-order chi connectivity index (χ0) is 14.0. The molecule has 6 heteroatoms. The van der Waals surface area contributed by atoms with Crippen LogP contribution in [-0.4, -0.2) is 42.0 Å². The van der Waals surface area contributed by atoms with Crippen molar-refractivity contribution >= 4 is 29.1 Å². The first-order valence-electron chi connectivity index (χ1n) is 5.97. The molecule has 1 aromatic carbocycles. The highest BCUT2D eigenvalue weighted by atomic mass is 35.5. The summed E-state index contributed by atoms with van der Waals surface area (Å²) >= 11 is 11.6. The summed E-state index contributed by atoms with van der Waals surface area (Å²) in [4.78, 5) is 14.0. The number of carbonyl (C=O) groups is 1. The molecule has 0 N–H and O–H groups in total. The van der Waals surface area contributed by atoms with E-state index in [0.717, 1.165) is 0 Å². The Balaban J connectivity index is 2.24. The summed E-state index contributed by atoms with van der Waals surface area (Å²) in [6.45, 7) is 2.67. The maximum atomic E-state index is 13.4. The van der Waals surface area contributed by atoms with Gasteiger partial charge in [0, 0.05) is 6.54 Å². The fraction of sp³-hybridized carbons (Fsp3) is 0.462. The van der Waals surface area contributed by atoms with Crippen molar-refractivity contribution in [2.24, 2.45) is 0 Å². The minimum Gasteiger partial charge on any atom is -0.373 e. The third-order valence-corrected chi connectivity index (χ3v) is 3.85. The topological polar surface area (TPSA) is 29.5 Å². The molecule has 0 saturated carbocycles. The molecule has 0 aromatic heterocycles. The Bertz CT molecular complexity index is 484. The summed E-state index contributed by atoms with van der Waals surface area (Å²) < 4.78 is 18.9. The van der Waals surface area contributed by atoms with Crippen LogP contribution < -0.4 is 0 Å². The minimum atomic E-state index is -0.595. The molecule has 2 rings (SSSR count). The van der Waals surface area contributed by atoms with Crippen LogP contribution in [0.3, 0.4) is 0 Å². The maximum absolute atomic E-state index is 13.4. The van der Waals surface area contributed by atoms with Gasteiger partial charge < -0.3 is 9.64 Å². The van der Waals surface area contributed by atoms with Crippen molar-refractivity contribution in [1.82, 2.24) is 4.90 Å². The highest BCUT2D eigenvalue weighted by molar-refractivity contribution is 6.34. The number of morpholine rings is 1. The zero-order valence-electron chi connectivity index (χ0n) is 10.4. The van der Waals surface area contributed by atoms with Gasteiger partial charge in [0.1, 0.15) is 5.82 Å². The van der Waals surface area contributed by atoms with Crippen LogP contribution in [0.2, 0.25) is 5.02 Å². The molecule has 19 heavy (non-hydrogen) atoms. The van der Waals surface area contributed by atoms with Gasteiger partial charge in [-0.25, -0.2) is 4.39 Å². The van der Waals surface area contributed by atoms with Crippen molar-refractivity contribution < 1.29 is 13.9 Å². The van der Waals surface area contributed by atoms with E-state index >= 15 is 0 Å². The lowest BCUT2D eigenvalue weighted by molar-refractivity contribution is -0.0371. The third kappa shape index (κ3) is 3.02. The number of halogens is 3. The standard InChI is InChI=1S/C13H14Cl2FNO2/c1-8-7-19-9(5-14)6-17(8)13(18)10-3-2-4-11(16)12(10)15/h2-4,8-9H,5-7H2,1H3. The second kappa shape index (κ2) is 6.07. The van der Waals surface area contributed by atoms with Crippen LogP contribution in [0.5, 0.6) is 0 Å². The molecule has 2 unspecified atom stereocenters. The lowest BCUT2D eigenvalue weighted by Gasteiger charge is -2.37. The van der Waals surface area contributed by atoms with Gasteiger partial charge >= 0.3 is 0 Å². The van der Waals surface area contributed by atoms with Crippen LogP contribution in [0.4, 0.5) is 4.39 Å². The van der Waals surface area contributed by atoms with Crippen LogP contribution in [0.25, 0.3) is 0 Å². The summed E-state index contributed by atoms with van der Waals surface area (Å²) in [5.41, 5.74) is 0.170. The fourth-order valence-corrected chi connectivity index (χ4v) is 2.41. The van der Waals surface area contributed by atoms with Gasteiger partial charge in [-0.3, -0.25) is 4.79 Å². The van der Waals surface area contributed by atoms with Crippen molar-refractivity contribution in [2.45, 2.75) is 19.1 Å². The van der Waals surface area contributed by atoms with E-state index in [1.54, 1.807) is 4.90 Å². The third-order valence-electron chi connectivity index (χ3n) is 3.12. The summed E-state index contributed by atoms with van der Waals surface area (Å²) in [6.07, 6.45) is -0.200. The molecular formula is C13H14Cl2FNO2. The normalized spacial score (nSPS) is 23.5. The molecule has 1 aromatic rings. The van der Waals surface area contributed by atoms with Gasteiger partial charge in [0.25, 0.3) is 5.91 Å². The minimum absolute atomic E-state index is 0.0914. The SMILES string of the molecule is CC1COC(CCl)CN1C(=O)c1cccc(F)c1Cl. The Hall–Kier alpha value is -0.840. The first-order valence-corrected chi connectivity index (χ1v) is 6.88. The van der Waals surface area contributed by atoms with Crippen LogP contribution >= 0.6 is 23.2 Å². The zero-order valence-corrected chi connectivity index (χ0v) is 11.9. The van der Waals surface area contributed by atoms with Crippen molar-refractivity contribution in [1.29, 1.82) is 0 Å². The molecule has 1 saturated heterocycles. The number of hydrogen-bond donors (Lipinski definition) is 0. The first-order chi connectivity index (χ1) is 9.04. The largest absolute Gasteiger partial charge is 0.373 e. The van der Waals surface area contributed by atoms with Gasteiger partial charge in [-0.15, -0.1) is 11.6 Å². The molecule has 0 bridgehead atoms. The van der Waals surface area contributed by atoms with E-state index in [1.807, 2.05) is 6.92 Å². The maximum Gasteiger partial charge on any atom is 0.255 e. The van der Waals surface area contributed by atoms with Gasteiger partial charge in [-0.2, -0.15) is 0 Å². The summed E-state index contributed by atoms with van der Waals surface area (Å²) in [5.74, 6) is -0.578. The predicted octanol–water partition coefficient (Wildman–Crippen LogP) is 2.95. The van der Waals surface area contributed by atoms with E-state index in [-0.39, 0.29) is 28.6 Å².